The smallest absolute Gasteiger partial charge is 0.260 e. The van der Waals surface area contributed by atoms with Gasteiger partial charge in [0.2, 0.25) is 0 Å². The molecule has 7 rings (SSSR count). The zero-order valence-corrected chi connectivity index (χ0v) is 41.6. The van der Waals surface area contributed by atoms with Crippen molar-refractivity contribution in [3.63, 3.8) is 0 Å². The molecule has 4 amide bonds. The number of rotatable bonds is 19. The molecular weight excluding hydrogens is 861 g/mol. The van der Waals surface area contributed by atoms with Crippen LogP contribution >= 0.6 is 0 Å². The first-order valence-corrected chi connectivity index (χ1v) is 29.9. The number of hydrogen-bond donors (Lipinski definition) is 0. The van der Waals surface area contributed by atoms with Gasteiger partial charge >= 0.3 is 0 Å². The van der Waals surface area contributed by atoms with Crippen LogP contribution in [0.15, 0.2) is 66.5 Å². The Balaban J connectivity index is 1.08. The summed E-state index contributed by atoms with van der Waals surface area (Å²) < 4.78 is 36.0. The predicted molar refractivity (Wildman–Crippen MR) is 257 cm³/mol. The van der Waals surface area contributed by atoms with Crippen molar-refractivity contribution in [3.05, 3.63) is 88.8 Å². The maximum Gasteiger partial charge on any atom is 0.260 e. The molecule has 3 aromatic carbocycles. The van der Waals surface area contributed by atoms with Crippen LogP contribution in [0.1, 0.15) is 58.0 Å². The van der Waals surface area contributed by atoms with Gasteiger partial charge < -0.3 is 38.2 Å². The van der Waals surface area contributed by atoms with Crippen LogP contribution in [0.3, 0.4) is 0 Å². The summed E-state index contributed by atoms with van der Waals surface area (Å²) in [5, 5.41) is 0. The minimum Gasteiger partial charge on any atom is -0.497 e. The van der Waals surface area contributed by atoms with Crippen molar-refractivity contribution >= 4 is 56.7 Å². The minimum absolute atomic E-state index is 0.000992. The van der Waals surface area contributed by atoms with Crippen LogP contribution in [-0.2, 0) is 19.1 Å². The molecule has 0 aromatic heterocycles. The summed E-state index contributed by atoms with van der Waals surface area (Å²) in [5.74, 6) is 0.993. The maximum atomic E-state index is 14.5. The summed E-state index contributed by atoms with van der Waals surface area (Å²) in [6, 6.07) is 15.0. The largest absolute Gasteiger partial charge is 0.497 e. The zero-order chi connectivity index (χ0) is 46.8. The summed E-state index contributed by atoms with van der Waals surface area (Å²) in [7, 11) is 0.333. The van der Waals surface area contributed by atoms with Gasteiger partial charge in [-0.05, 0) is 73.3 Å². The van der Waals surface area contributed by atoms with Gasteiger partial charge in [0.25, 0.3) is 23.6 Å². The Kier molecular flexibility index (Phi) is 14.3. The molecular formula is C49H64N4O10Si2. The lowest BCUT2D eigenvalue weighted by Crippen LogP contribution is -2.45. The summed E-state index contributed by atoms with van der Waals surface area (Å²) in [6.07, 6.45) is 4.81. The normalized spacial score (nSPS) is 18.4. The van der Waals surface area contributed by atoms with Crippen LogP contribution in [0.4, 0.5) is 11.4 Å². The molecule has 4 aliphatic heterocycles. The van der Waals surface area contributed by atoms with Crippen LogP contribution in [-0.4, -0.2) is 116 Å². The molecule has 0 unspecified atom stereocenters. The molecule has 0 N–H and O–H groups in total. The average molecular weight is 925 g/mol. The topological polar surface area (TPSA) is 137 Å². The van der Waals surface area contributed by atoms with Crippen molar-refractivity contribution in [1.82, 2.24) is 9.80 Å². The first-order chi connectivity index (χ1) is 30.9. The molecule has 0 aliphatic carbocycles. The van der Waals surface area contributed by atoms with Crippen LogP contribution in [0, 0.1) is 6.92 Å². The van der Waals surface area contributed by atoms with Gasteiger partial charge in [0.1, 0.15) is 37.0 Å². The monoisotopic (exact) mass is 924 g/mol. The van der Waals surface area contributed by atoms with E-state index >= 15 is 0 Å². The van der Waals surface area contributed by atoms with Crippen molar-refractivity contribution in [2.24, 2.45) is 0 Å². The number of carbonyl (C=O) groups is 4. The molecule has 4 heterocycles. The Hall–Kier alpha value is -5.43. The Bertz CT molecular complexity index is 2370. The highest BCUT2D eigenvalue weighted by Crippen LogP contribution is 2.42. The van der Waals surface area contributed by atoms with Gasteiger partial charge in [-0.25, -0.2) is 0 Å². The van der Waals surface area contributed by atoms with Crippen molar-refractivity contribution in [1.29, 1.82) is 0 Å². The van der Waals surface area contributed by atoms with Gasteiger partial charge in [-0.1, -0.05) is 57.0 Å². The highest BCUT2D eigenvalue weighted by Gasteiger charge is 2.44. The number of ether oxygens (including phenoxy) is 6. The van der Waals surface area contributed by atoms with Gasteiger partial charge in [-0.2, -0.15) is 0 Å². The number of fused-ring (bicyclic) bond motifs is 4. The second-order valence-corrected chi connectivity index (χ2v) is 30.9. The van der Waals surface area contributed by atoms with E-state index in [1.165, 1.54) is 12.0 Å². The van der Waals surface area contributed by atoms with E-state index < -0.39 is 28.2 Å². The third kappa shape index (κ3) is 10.7. The van der Waals surface area contributed by atoms with Gasteiger partial charge in [0, 0.05) is 66.7 Å². The van der Waals surface area contributed by atoms with E-state index in [2.05, 4.69) is 39.3 Å². The third-order valence-corrected chi connectivity index (χ3v) is 15.5. The van der Waals surface area contributed by atoms with E-state index in [4.69, 9.17) is 28.4 Å². The summed E-state index contributed by atoms with van der Waals surface area (Å²) in [5.41, 5.74) is 5.07. The zero-order valence-electron chi connectivity index (χ0n) is 39.6. The van der Waals surface area contributed by atoms with E-state index in [9.17, 15) is 19.2 Å². The molecule has 65 heavy (non-hydrogen) atoms. The lowest BCUT2D eigenvalue weighted by atomic mass is 10.0. The second kappa shape index (κ2) is 19.6. The number of benzene rings is 3. The number of amides is 4. The van der Waals surface area contributed by atoms with Gasteiger partial charge in [0.15, 0.2) is 11.5 Å². The SMILES string of the molecule is COc1ccc(C2=CN3C(=O)c4cc(C)c(OCCCOc5cc6c(cc5OC)C(=O)N5C=C(C)C[C@H]5C(=O)N6COCC[Si](C)(C)C)cc4N(COCC[Si](C)(C)C)C(=O)[C@@H]3C2)cc1. The fourth-order valence-corrected chi connectivity index (χ4v) is 9.80. The highest BCUT2D eigenvalue weighted by molar-refractivity contribution is 6.76. The number of hydrogen-bond acceptors (Lipinski definition) is 10. The molecule has 4 aliphatic rings. The lowest BCUT2D eigenvalue weighted by Gasteiger charge is -2.27. The Labute approximate surface area is 385 Å². The van der Waals surface area contributed by atoms with Crippen molar-refractivity contribution in [3.8, 4) is 23.0 Å². The van der Waals surface area contributed by atoms with Crippen LogP contribution < -0.4 is 28.7 Å². The fourth-order valence-electron chi connectivity index (χ4n) is 8.29. The first-order valence-electron chi connectivity index (χ1n) is 22.5. The molecule has 0 bridgehead atoms. The number of aryl methyl sites for hydroxylation is 1. The van der Waals surface area contributed by atoms with Crippen LogP contribution in [0.2, 0.25) is 51.4 Å². The van der Waals surface area contributed by atoms with Crippen molar-refractivity contribution < 1.29 is 47.6 Å². The Morgan fingerprint density at radius 1 is 0.600 bits per heavy atom. The summed E-state index contributed by atoms with van der Waals surface area (Å²) in [6.45, 7) is 18.9. The molecule has 14 nitrogen and oxygen atoms in total. The quantitative estimate of drug-likeness (QED) is 0.0850. The third-order valence-electron chi connectivity index (χ3n) is 12.1. The molecule has 0 radical (unpaired) electrons. The molecule has 3 aromatic rings. The van der Waals surface area contributed by atoms with Crippen molar-refractivity contribution in [2.45, 2.75) is 96.6 Å². The first kappa shape index (κ1) is 47.5. The predicted octanol–water partition coefficient (Wildman–Crippen LogP) is 8.55. The number of carbonyl (C=O) groups excluding carboxylic acids is 4. The van der Waals surface area contributed by atoms with Crippen molar-refractivity contribution in [2.75, 3.05) is 63.9 Å². The average Bonchev–Trinajstić information content (AvgIpc) is 3.86. The Morgan fingerprint density at radius 2 is 1.12 bits per heavy atom. The van der Waals surface area contributed by atoms with E-state index in [0.717, 1.165) is 40.1 Å². The second-order valence-electron chi connectivity index (χ2n) is 19.7. The molecule has 0 saturated heterocycles. The lowest BCUT2D eigenvalue weighted by molar-refractivity contribution is -0.123. The molecule has 0 fully saturated rings. The maximum absolute atomic E-state index is 14.5. The molecule has 0 saturated carbocycles. The molecule has 16 heteroatoms. The summed E-state index contributed by atoms with van der Waals surface area (Å²) in [4.78, 5) is 63.1. The minimum atomic E-state index is -1.41. The standard InChI is InChI=1S/C49H64N4O10Si2/c1-32-22-41-48(56)53(31-61-19-21-65(8,9)10)40-27-45(44(59-4)25-38(40)47(55)50(41)28-32)63-17-11-16-62-43-26-39-37(23-33(43)2)46(54)51-29-35(34-12-14-36(58-3)15-13-34)24-42(51)49(57)52(39)30-60-18-20-64(5,6)7/h12-15,23,25-29,41-42H,11,16-22,24,30-31H2,1-10H3/t41-,42-/m0/s1. The molecule has 348 valence electrons. The van der Waals surface area contributed by atoms with E-state index in [1.807, 2.05) is 38.1 Å². The van der Waals surface area contributed by atoms with Gasteiger partial charge in [0.05, 0.1) is 49.9 Å². The number of methoxy groups -OCH3 is 2. The van der Waals surface area contributed by atoms with E-state index in [-0.39, 0.29) is 50.3 Å². The molecule has 0 spiro atoms. The number of nitrogens with zero attached hydrogens (tertiary/aromatic N) is 4. The van der Waals surface area contributed by atoms with E-state index in [1.54, 1.807) is 58.5 Å². The van der Waals surface area contributed by atoms with Crippen LogP contribution in [0.25, 0.3) is 5.57 Å². The number of anilines is 2. The van der Waals surface area contributed by atoms with Gasteiger partial charge in [-0.15, -0.1) is 0 Å². The Morgan fingerprint density at radius 3 is 1.68 bits per heavy atom. The fraction of sp³-hybridized carbons (Fsp3) is 0.469. The van der Waals surface area contributed by atoms with Crippen LogP contribution in [0.5, 0.6) is 23.0 Å². The highest BCUT2D eigenvalue weighted by atomic mass is 28.3. The molecule has 2 atom stereocenters. The van der Waals surface area contributed by atoms with Gasteiger partial charge in [-0.3, -0.25) is 29.0 Å². The summed E-state index contributed by atoms with van der Waals surface area (Å²) >= 11 is 0. The van der Waals surface area contributed by atoms with E-state index in [0.29, 0.717) is 72.2 Å².